The number of para-hydroxylation sites is 1. The van der Waals surface area contributed by atoms with Gasteiger partial charge in [0.15, 0.2) is 11.5 Å². The normalized spacial score (nSPS) is 10.8. The fourth-order valence-electron chi connectivity index (χ4n) is 4.87. The van der Waals surface area contributed by atoms with E-state index in [-0.39, 0.29) is 24.3 Å². The van der Waals surface area contributed by atoms with E-state index in [1.807, 2.05) is 38.1 Å². The van der Waals surface area contributed by atoms with Gasteiger partial charge in [-0.1, -0.05) is 101 Å². The van der Waals surface area contributed by atoms with Gasteiger partial charge in [-0.2, -0.15) is 10.5 Å². The first-order valence-corrected chi connectivity index (χ1v) is 18.4. The van der Waals surface area contributed by atoms with Crippen LogP contribution in [0.1, 0.15) is 88.8 Å². The van der Waals surface area contributed by atoms with Crippen LogP contribution >= 0.6 is 23.5 Å². The Morgan fingerprint density at radius 3 is 1.72 bits per heavy atom. The molecule has 0 aliphatic rings. The lowest BCUT2D eigenvalue weighted by Crippen LogP contribution is -2.12. The first-order valence-electron chi connectivity index (χ1n) is 16.8. The Bertz CT molecular complexity index is 1450. The van der Waals surface area contributed by atoms with Gasteiger partial charge in [0.2, 0.25) is 0 Å². The molecule has 2 N–H and O–H groups in total. The van der Waals surface area contributed by atoms with Crippen LogP contribution in [0.5, 0.6) is 11.5 Å². The van der Waals surface area contributed by atoms with Crippen molar-refractivity contribution in [2.24, 2.45) is 0 Å². The molecule has 3 rings (SSSR count). The Hall–Kier alpha value is -3.34. The summed E-state index contributed by atoms with van der Waals surface area (Å²) >= 11 is 2.90. The van der Waals surface area contributed by atoms with E-state index in [1.54, 1.807) is 0 Å². The summed E-state index contributed by atoms with van der Waals surface area (Å²) in [5, 5.41) is 20.8. The molecule has 0 aliphatic heterocycles. The third-order valence-corrected chi connectivity index (χ3v) is 9.70. The van der Waals surface area contributed by atoms with Crippen molar-refractivity contribution in [2.75, 3.05) is 45.4 Å². The van der Waals surface area contributed by atoms with Gasteiger partial charge in [-0.15, -0.1) is 0 Å². The second-order valence-electron chi connectivity index (χ2n) is 11.1. The molecule has 0 heterocycles. The number of nitrogens with two attached hydrogens (primary N) is 1. The highest BCUT2D eigenvalue weighted by atomic mass is 32.2. The van der Waals surface area contributed by atoms with Crippen LogP contribution in [-0.4, -0.2) is 39.6 Å². The maximum absolute atomic E-state index is 10.4. The van der Waals surface area contributed by atoms with Crippen molar-refractivity contribution in [3.63, 3.8) is 0 Å². The highest BCUT2D eigenvalue weighted by Gasteiger charge is 2.29. The lowest BCUT2D eigenvalue weighted by Gasteiger charge is -2.22. The molecule has 0 fully saturated rings. The second-order valence-corrected chi connectivity index (χ2v) is 13.3. The van der Waals surface area contributed by atoms with Gasteiger partial charge in [-0.05, 0) is 55.5 Å². The fraction of sp³-hybridized carbons (Fsp3) is 0.474. The molecule has 0 saturated heterocycles. The number of anilines is 1. The van der Waals surface area contributed by atoms with Crippen LogP contribution in [0.15, 0.2) is 68.1 Å². The van der Waals surface area contributed by atoms with Gasteiger partial charge >= 0.3 is 0 Å². The Kier molecular flexibility index (Phi) is 18.1. The number of unbranched alkanes of at least 4 members (excludes halogenated alkanes) is 5. The summed E-state index contributed by atoms with van der Waals surface area (Å²) in [5.74, 6) is 0.672. The zero-order chi connectivity index (χ0) is 33.7. The molecule has 3 aromatic carbocycles. The Labute approximate surface area is 290 Å². The van der Waals surface area contributed by atoms with Crippen molar-refractivity contribution in [1.82, 2.24) is 0 Å². The summed E-state index contributed by atoms with van der Waals surface area (Å²) in [6.45, 7) is 8.73. The van der Waals surface area contributed by atoms with Crippen LogP contribution in [0.3, 0.4) is 0 Å². The molecule has 0 aromatic heterocycles. The topological polar surface area (TPSA) is 111 Å². The van der Waals surface area contributed by atoms with Crippen molar-refractivity contribution in [3.05, 3.63) is 65.2 Å². The highest BCUT2D eigenvalue weighted by Crippen LogP contribution is 2.52. The van der Waals surface area contributed by atoms with Crippen LogP contribution in [0.25, 0.3) is 0 Å². The summed E-state index contributed by atoms with van der Waals surface area (Å²) in [4.78, 5) is 3.15. The zero-order valence-corrected chi connectivity index (χ0v) is 29.8. The van der Waals surface area contributed by atoms with Gasteiger partial charge in [0.25, 0.3) is 0 Å². The Morgan fingerprint density at radius 1 is 0.617 bits per heavy atom. The number of aryl methyl sites for hydroxylation is 1. The number of hydrogen-bond acceptors (Lipinski definition) is 9. The molecule has 0 amide bonds. The molecule has 0 saturated carbocycles. The van der Waals surface area contributed by atoms with E-state index in [1.165, 1.54) is 67.6 Å². The lowest BCUT2D eigenvalue weighted by atomic mass is 10.1. The van der Waals surface area contributed by atoms with Gasteiger partial charge in [0.1, 0.15) is 36.5 Å². The number of nitriles is 2. The van der Waals surface area contributed by atoms with Crippen LogP contribution in [0, 0.1) is 22.7 Å². The van der Waals surface area contributed by atoms with E-state index in [0.717, 1.165) is 29.1 Å². The average molecular weight is 676 g/mol. The van der Waals surface area contributed by atoms with E-state index < -0.39 is 0 Å². The number of nitrogen functional groups attached to an aromatic ring is 1. The van der Waals surface area contributed by atoms with E-state index in [9.17, 15) is 10.5 Å². The van der Waals surface area contributed by atoms with Crippen LogP contribution in [0.2, 0.25) is 0 Å². The molecule has 3 aromatic rings. The molecule has 0 unspecified atom stereocenters. The first-order chi connectivity index (χ1) is 23.1. The predicted octanol–water partition coefficient (Wildman–Crippen LogP) is 9.83. The minimum Gasteiger partial charge on any atom is -0.489 e. The molecule has 7 nitrogen and oxygen atoms in total. The summed E-state index contributed by atoms with van der Waals surface area (Å²) in [6, 6.07) is 20.6. The standard InChI is InChI=1S/C38H49N3O4S2/c1-4-7-8-9-10-11-14-29-17-19-30(20-18-29)46-37-35(44-25-23-42-21-5-2)31(27-39)32(28-40)36(45-26-24-43-22-6-3)38(37)47-34-16-13-12-15-33(34)41/h12-13,15-20H,4-11,14,21-26,41H2,1-3H3. The van der Waals surface area contributed by atoms with E-state index in [0.29, 0.717) is 53.4 Å². The Balaban J connectivity index is 2.06. The van der Waals surface area contributed by atoms with Crippen molar-refractivity contribution in [2.45, 2.75) is 98.1 Å². The molecule has 9 heteroatoms. The fourth-order valence-corrected chi connectivity index (χ4v) is 7.06. The van der Waals surface area contributed by atoms with E-state index in [2.05, 4.69) is 43.3 Å². The number of benzene rings is 3. The Morgan fingerprint density at radius 2 is 1.17 bits per heavy atom. The maximum atomic E-state index is 10.4. The van der Waals surface area contributed by atoms with Crippen molar-refractivity contribution < 1.29 is 18.9 Å². The number of ether oxygens (including phenoxy) is 4. The highest BCUT2D eigenvalue weighted by molar-refractivity contribution is 8.02. The first kappa shape index (κ1) is 38.1. The van der Waals surface area contributed by atoms with Crippen molar-refractivity contribution in [3.8, 4) is 23.6 Å². The molecule has 47 heavy (non-hydrogen) atoms. The SMILES string of the molecule is CCCCCCCCc1ccc(Sc2c(OCCOCCC)c(C#N)c(C#N)c(OCCOCCC)c2Sc2ccccc2N)cc1. The zero-order valence-electron chi connectivity index (χ0n) is 28.1. The smallest absolute Gasteiger partial charge is 0.153 e. The van der Waals surface area contributed by atoms with Gasteiger partial charge in [-0.25, -0.2) is 0 Å². The van der Waals surface area contributed by atoms with Gasteiger partial charge in [-0.3, -0.25) is 0 Å². The summed E-state index contributed by atoms with van der Waals surface area (Å²) in [5.41, 5.74) is 8.57. The molecular formula is C38H49N3O4S2. The molecule has 252 valence electrons. The maximum Gasteiger partial charge on any atom is 0.153 e. The largest absolute Gasteiger partial charge is 0.489 e. The average Bonchev–Trinajstić information content (AvgIpc) is 3.09. The second kappa shape index (κ2) is 22.3. The van der Waals surface area contributed by atoms with Gasteiger partial charge in [0, 0.05) is 28.7 Å². The van der Waals surface area contributed by atoms with Crippen LogP contribution in [-0.2, 0) is 15.9 Å². The third-order valence-electron chi connectivity index (χ3n) is 7.28. The van der Waals surface area contributed by atoms with Crippen molar-refractivity contribution >= 4 is 29.2 Å². The molecule has 0 atom stereocenters. The molecule has 0 spiro atoms. The molecular weight excluding hydrogens is 627 g/mol. The van der Waals surface area contributed by atoms with Crippen LogP contribution in [0.4, 0.5) is 5.69 Å². The monoisotopic (exact) mass is 675 g/mol. The third kappa shape index (κ3) is 12.3. The van der Waals surface area contributed by atoms with Gasteiger partial charge in [0.05, 0.1) is 23.0 Å². The summed E-state index contributed by atoms with van der Waals surface area (Å²) in [6.07, 6.45) is 10.4. The molecule has 0 radical (unpaired) electrons. The van der Waals surface area contributed by atoms with E-state index >= 15 is 0 Å². The number of hydrogen-bond donors (Lipinski definition) is 1. The predicted molar refractivity (Wildman–Crippen MR) is 192 cm³/mol. The minimum absolute atomic E-state index is 0.128. The quantitative estimate of drug-likeness (QED) is 0.0775. The summed E-state index contributed by atoms with van der Waals surface area (Å²) in [7, 11) is 0. The van der Waals surface area contributed by atoms with E-state index in [4.69, 9.17) is 24.7 Å². The number of nitrogens with zero attached hydrogens (tertiary/aromatic N) is 2. The summed E-state index contributed by atoms with van der Waals surface area (Å²) < 4.78 is 24.0. The van der Waals surface area contributed by atoms with Gasteiger partial charge < -0.3 is 24.7 Å². The van der Waals surface area contributed by atoms with Crippen molar-refractivity contribution in [1.29, 1.82) is 10.5 Å². The lowest BCUT2D eigenvalue weighted by molar-refractivity contribution is 0.0974. The molecule has 0 aliphatic carbocycles. The number of rotatable bonds is 23. The minimum atomic E-state index is 0.128. The van der Waals surface area contributed by atoms with Crippen LogP contribution < -0.4 is 15.2 Å². The molecule has 0 bridgehead atoms.